The van der Waals surface area contributed by atoms with Crippen molar-refractivity contribution in [1.29, 1.82) is 0 Å². The van der Waals surface area contributed by atoms with Gasteiger partial charge in [-0.05, 0) is 67.1 Å². The molecule has 2 aromatic carbocycles. The zero-order valence-corrected chi connectivity index (χ0v) is 18.7. The third-order valence-electron chi connectivity index (χ3n) is 5.10. The highest BCUT2D eigenvalue weighted by atomic mass is 32.2. The lowest BCUT2D eigenvalue weighted by Crippen LogP contribution is -2.20. The van der Waals surface area contributed by atoms with Gasteiger partial charge in [0.1, 0.15) is 5.82 Å². The van der Waals surface area contributed by atoms with E-state index in [0.717, 1.165) is 52.9 Å². The van der Waals surface area contributed by atoms with E-state index in [1.54, 1.807) is 23.9 Å². The Morgan fingerprint density at radius 2 is 1.90 bits per heavy atom. The van der Waals surface area contributed by atoms with E-state index < -0.39 is 0 Å². The van der Waals surface area contributed by atoms with Crippen molar-refractivity contribution >= 4 is 34.7 Å². The van der Waals surface area contributed by atoms with Gasteiger partial charge in [0, 0.05) is 36.6 Å². The van der Waals surface area contributed by atoms with Crippen LogP contribution in [0.5, 0.6) is 0 Å². The molecule has 29 heavy (non-hydrogen) atoms. The van der Waals surface area contributed by atoms with Crippen molar-refractivity contribution in [1.82, 2.24) is 0 Å². The van der Waals surface area contributed by atoms with Crippen molar-refractivity contribution in [2.45, 2.75) is 37.0 Å². The minimum absolute atomic E-state index is 0.215. The molecule has 1 fully saturated rings. The second-order valence-corrected chi connectivity index (χ2v) is 9.04. The lowest BCUT2D eigenvalue weighted by molar-refractivity contribution is 0.0156. The summed E-state index contributed by atoms with van der Waals surface area (Å²) in [6.07, 6.45) is 2.09. The molecule has 0 saturated carbocycles. The van der Waals surface area contributed by atoms with Gasteiger partial charge < -0.3 is 14.4 Å². The molecule has 0 aliphatic carbocycles. The van der Waals surface area contributed by atoms with Crippen molar-refractivity contribution in [3.8, 4) is 0 Å². The van der Waals surface area contributed by atoms with Crippen LogP contribution in [0.1, 0.15) is 30.9 Å². The van der Waals surface area contributed by atoms with Gasteiger partial charge in [-0.15, -0.1) is 11.8 Å². The lowest BCUT2D eigenvalue weighted by Gasteiger charge is -2.21. The fraction of sp³-hybridized carbons (Fsp3) is 0.435. The van der Waals surface area contributed by atoms with Crippen LogP contribution in [0.4, 0.5) is 10.1 Å². The number of hydrogen-bond acceptors (Lipinski definition) is 4. The Kier molecular flexibility index (Phi) is 8.48. The van der Waals surface area contributed by atoms with Crippen molar-refractivity contribution in [3.05, 3.63) is 59.4 Å². The van der Waals surface area contributed by atoms with Gasteiger partial charge in [0.15, 0.2) is 0 Å². The summed E-state index contributed by atoms with van der Waals surface area (Å²) in [5.41, 5.74) is 3.14. The Balaban J connectivity index is 1.52. The molecule has 3 rings (SSSR count). The first kappa shape index (κ1) is 22.2. The van der Waals surface area contributed by atoms with Crippen molar-refractivity contribution in [2.75, 3.05) is 31.8 Å². The van der Waals surface area contributed by atoms with Gasteiger partial charge in [0.05, 0.1) is 18.2 Å². The molecule has 0 amide bonds. The van der Waals surface area contributed by atoms with E-state index in [4.69, 9.17) is 21.7 Å². The number of thiocarbonyl (C=S) groups is 1. The van der Waals surface area contributed by atoms with Gasteiger partial charge in [0.2, 0.25) is 0 Å². The normalized spacial score (nSPS) is 14.7. The molecule has 0 bridgehead atoms. The predicted molar refractivity (Wildman–Crippen MR) is 122 cm³/mol. The summed E-state index contributed by atoms with van der Waals surface area (Å²) in [4.78, 5) is 3.73. The molecule has 0 aromatic heterocycles. The smallest absolute Gasteiger partial charge is 0.124 e. The molecule has 156 valence electrons. The van der Waals surface area contributed by atoms with E-state index in [1.807, 2.05) is 24.9 Å². The maximum absolute atomic E-state index is 14.0. The Bertz CT molecular complexity index is 807. The third kappa shape index (κ3) is 7.07. The molecule has 0 atom stereocenters. The highest BCUT2D eigenvalue weighted by Crippen LogP contribution is 2.26. The molecule has 1 saturated heterocycles. The second-order valence-electron chi connectivity index (χ2n) is 7.40. The summed E-state index contributed by atoms with van der Waals surface area (Å²) in [7, 11) is 1.96. The zero-order chi connectivity index (χ0) is 20.6. The van der Waals surface area contributed by atoms with Gasteiger partial charge in [-0.25, -0.2) is 4.39 Å². The van der Waals surface area contributed by atoms with Crippen LogP contribution in [0, 0.1) is 11.7 Å². The van der Waals surface area contributed by atoms with Crippen molar-refractivity contribution in [3.63, 3.8) is 0 Å². The van der Waals surface area contributed by atoms with Crippen LogP contribution in [0.15, 0.2) is 47.4 Å². The van der Waals surface area contributed by atoms with Crippen LogP contribution >= 0.6 is 24.0 Å². The summed E-state index contributed by atoms with van der Waals surface area (Å²) >= 11 is 6.84. The molecule has 6 heteroatoms. The zero-order valence-electron chi connectivity index (χ0n) is 17.0. The number of anilines is 1. The number of ether oxygens (including phenoxy) is 2. The molecular formula is C23H28FNO2S2. The third-order valence-corrected chi connectivity index (χ3v) is 6.42. The minimum Gasteiger partial charge on any atom is -0.381 e. The summed E-state index contributed by atoms with van der Waals surface area (Å²) in [5, 5.41) is 0. The summed E-state index contributed by atoms with van der Waals surface area (Å²) in [6, 6.07) is 13.5. The maximum Gasteiger partial charge on any atom is 0.124 e. The molecule has 1 heterocycles. The molecule has 3 nitrogen and oxygen atoms in total. The fourth-order valence-corrected chi connectivity index (χ4v) is 4.27. The second kappa shape index (κ2) is 11.1. The Morgan fingerprint density at radius 1 is 1.17 bits per heavy atom. The monoisotopic (exact) mass is 433 g/mol. The molecule has 0 N–H and O–H groups in total. The molecule has 0 unspecified atom stereocenters. The van der Waals surface area contributed by atoms with Crippen LogP contribution in [0.2, 0.25) is 0 Å². The topological polar surface area (TPSA) is 21.7 Å². The van der Waals surface area contributed by atoms with Crippen molar-refractivity contribution < 1.29 is 13.9 Å². The SMILES string of the molecule is CC(=S)N(C)c1ccc(CSc2cc(F)cc(COCC3CCOCC3)c2)cc1. The molecule has 2 aromatic rings. The van der Waals surface area contributed by atoms with E-state index in [-0.39, 0.29) is 5.82 Å². The molecule has 1 aliphatic heterocycles. The van der Waals surface area contributed by atoms with Crippen LogP contribution in [-0.2, 0) is 21.8 Å². The Labute approximate surface area is 182 Å². The highest BCUT2D eigenvalue weighted by molar-refractivity contribution is 7.98. The molecule has 0 radical (unpaired) electrons. The molecule has 0 spiro atoms. The van der Waals surface area contributed by atoms with Gasteiger partial charge in [-0.1, -0.05) is 24.4 Å². The highest BCUT2D eigenvalue weighted by Gasteiger charge is 2.14. The number of hydrogen-bond donors (Lipinski definition) is 0. The molecule has 1 aliphatic rings. The van der Waals surface area contributed by atoms with E-state index in [1.165, 1.54) is 5.56 Å². The van der Waals surface area contributed by atoms with E-state index >= 15 is 0 Å². The lowest BCUT2D eigenvalue weighted by atomic mass is 10.0. The summed E-state index contributed by atoms with van der Waals surface area (Å²) in [6.45, 7) is 4.70. The summed E-state index contributed by atoms with van der Waals surface area (Å²) in [5.74, 6) is 1.12. The van der Waals surface area contributed by atoms with Crippen LogP contribution < -0.4 is 4.90 Å². The average molecular weight is 434 g/mol. The average Bonchev–Trinajstić information content (AvgIpc) is 2.72. The van der Waals surface area contributed by atoms with Gasteiger partial charge >= 0.3 is 0 Å². The van der Waals surface area contributed by atoms with E-state index in [0.29, 0.717) is 19.1 Å². The Hall–Kier alpha value is -1.47. The number of rotatable bonds is 8. The molecular weight excluding hydrogens is 405 g/mol. The minimum atomic E-state index is -0.215. The van der Waals surface area contributed by atoms with Crippen LogP contribution in [-0.4, -0.2) is 31.9 Å². The number of nitrogens with zero attached hydrogens (tertiary/aromatic N) is 1. The largest absolute Gasteiger partial charge is 0.381 e. The van der Waals surface area contributed by atoms with Gasteiger partial charge in [0.25, 0.3) is 0 Å². The number of benzene rings is 2. The van der Waals surface area contributed by atoms with Crippen LogP contribution in [0.3, 0.4) is 0 Å². The number of halogens is 1. The van der Waals surface area contributed by atoms with Gasteiger partial charge in [-0.3, -0.25) is 0 Å². The first-order chi connectivity index (χ1) is 14.0. The van der Waals surface area contributed by atoms with Crippen LogP contribution in [0.25, 0.3) is 0 Å². The Morgan fingerprint density at radius 3 is 2.59 bits per heavy atom. The quantitative estimate of drug-likeness (QED) is 0.384. The van der Waals surface area contributed by atoms with E-state index in [2.05, 4.69) is 24.3 Å². The fourth-order valence-electron chi connectivity index (χ4n) is 3.21. The first-order valence-corrected chi connectivity index (χ1v) is 11.3. The van der Waals surface area contributed by atoms with E-state index in [9.17, 15) is 4.39 Å². The summed E-state index contributed by atoms with van der Waals surface area (Å²) < 4.78 is 25.3. The predicted octanol–water partition coefficient (Wildman–Crippen LogP) is 5.84. The van der Waals surface area contributed by atoms with Crippen molar-refractivity contribution in [2.24, 2.45) is 5.92 Å². The van der Waals surface area contributed by atoms with Gasteiger partial charge in [-0.2, -0.15) is 0 Å². The first-order valence-electron chi connectivity index (χ1n) is 9.92. The maximum atomic E-state index is 14.0. The standard InChI is InChI=1S/C23H28FNO2S2/c1-17(28)25(2)22-5-3-19(4-6-22)16-29-23-12-20(11-21(24)13-23)15-27-14-18-7-9-26-10-8-18/h3-6,11-13,18H,7-10,14-16H2,1-2H3. The number of thioether (sulfide) groups is 1.